The van der Waals surface area contributed by atoms with E-state index in [0.717, 1.165) is 30.1 Å². The van der Waals surface area contributed by atoms with Gasteiger partial charge < -0.3 is 14.4 Å². The average Bonchev–Trinajstić information content (AvgIpc) is 3.25. The first kappa shape index (κ1) is 25.5. The van der Waals surface area contributed by atoms with Gasteiger partial charge in [-0.25, -0.2) is 4.68 Å². The van der Waals surface area contributed by atoms with Gasteiger partial charge in [-0.05, 0) is 35.0 Å². The molecule has 1 aliphatic rings. The Morgan fingerprint density at radius 2 is 1.97 bits per heavy atom. The minimum Gasteiger partial charge on any atom is -0.367 e. The summed E-state index contributed by atoms with van der Waals surface area (Å²) < 4.78 is 26.4. The van der Waals surface area contributed by atoms with Gasteiger partial charge in [0, 0.05) is 39.0 Å². The third-order valence-corrected chi connectivity index (χ3v) is 7.71. The SMILES string of the molecule is C[Si](C)(C)CCOCn1nccc1C1CCCN(C(=O)COCc2ccccc2)C1COF. The number of carbonyl (C=O) groups is 1. The zero-order valence-corrected chi connectivity index (χ0v) is 20.9. The lowest BCUT2D eigenvalue weighted by Gasteiger charge is -2.40. The summed E-state index contributed by atoms with van der Waals surface area (Å²) in [5.41, 5.74) is 1.94. The van der Waals surface area contributed by atoms with Crippen LogP contribution in [0, 0.1) is 0 Å². The number of hydrogen-bond donors (Lipinski definition) is 0. The zero-order chi connectivity index (χ0) is 23.7. The van der Waals surface area contributed by atoms with Gasteiger partial charge in [0.25, 0.3) is 0 Å². The van der Waals surface area contributed by atoms with Crippen LogP contribution in [0.5, 0.6) is 0 Å². The second-order valence-corrected chi connectivity index (χ2v) is 15.4. The lowest BCUT2D eigenvalue weighted by Crippen LogP contribution is -2.51. The second-order valence-electron chi connectivity index (χ2n) is 9.76. The standard InChI is InChI=1S/C24H36FN3O4Si/c1-33(2,3)15-14-30-19-28-22(11-12-26-28)21-10-7-13-27(23(21)17-32-25)24(29)18-31-16-20-8-5-4-6-9-20/h4-6,8-9,11-12,21,23H,7,10,13-19H2,1-3H3. The van der Waals surface area contributed by atoms with E-state index in [4.69, 9.17) is 9.47 Å². The first-order chi connectivity index (χ1) is 15.9. The van der Waals surface area contributed by atoms with Crippen molar-refractivity contribution < 1.29 is 23.7 Å². The number of amides is 1. The van der Waals surface area contributed by atoms with Crippen LogP contribution in [0.2, 0.25) is 25.7 Å². The van der Waals surface area contributed by atoms with Crippen molar-refractivity contribution in [3.63, 3.8) is 0 Å². The summed E-state index contributed by atoms with van der Waals surface area (Å²) in [5, 5.41) is 4.41. The molecule has 0 spiro atoms. The van der Waals surface area contributed by atoms with E-state index in [1.54, 1.807) is 11.1 Å². The Balaban J connectivity index is 1.61. The van der Waals surface area contributed by atoms with Gasteiger partial charge in [0.05, 0.1) is 12.6 Å². The van der Waals surface area contributed by atoms with Crippen LogP contribution >= 0.6 is 0 Å². The highest BCUT2D eigenvalue weighted by Gasteiger charge is 2.37. The molecule has 7 nitrogen and oxygen atoms in total. The van der Waals surface area contributed by atoms with Gasteiger partial charge in [0.2, 0.25) is 5.91 Å². The van der Waals surface area contributed by atoms with E-state index in [9.17, 15) is 9.32 Å². The number of ether oxygens (including phenoxy) is 2. The van der Waals surface area contributed by atoms with Crippen molar-refractivity contribution in [2.75, 3.05) is 26.4 Å². The molecule has 1 aliphatic heterocycles. The van der Waals surface area contributed by atoms with Crippen LogP contribution in [-0.2, 0) is 32.5 Å². The van der Waals surface area contributed by atoms with Gasteiger partial charge in [-0.1, -0.05) is 50.0 Å². The highest BCUT2D eigenvalue weighted by molar-refractivity contribution is 6.76. The molecule has 0 radical (unpaired) electrons. The third kappa shape index (κ3) is 7.74. The molecule has 1 aromatic heterocycles. The zero-order valence-electron chi connectivity index (χ0n) is 19.9. The topological polar surface area (TPSA) is 65.8 Å². The summed E-state index contributed by atoms with van der Waals surface area (Å²) >= 11 is 0. The number of piperidine rings is 1. The molecule has 33 heavy (non-hydrogen) atoms. The smallest absolute Gasteiger partial charge is 0.248 e. The van der Waals surface area contributed by atoms with Crippen molar-refractivity contribution in [3.05, 3.63) is 53.9 Å². The van der Waals surface area contributed by atoms with Crippen molar-refractivity contribution in [1.82, 2.24) is 14.7 Å². The van der Waals surface area contributed by atoms with Crippen LogP contribution in [-0.4, -0.2) is 61.1 Å². The second kappa shape index (κ2) is 12.4. The van der Waals surface area contributed by atoms with Gasteiger partial charge in [0.1, 0.15) is 19.9 Å². The number of rotatable bonds is 12. The Labute approximate surface area is 196 Å². The number of aromatic nitrogens is 2. The average molecular weight is 478 g/mol. The van der Waals surface area contributed by atoms with Crippen LogP contribution in [0.15, 0.2) is 42.6 Å². The molecule has 182 valence electrons. The molecule has 3 rings (SSSR count). The summed E-state index contributed by atoms with van der Waals surface area (Å²) in [5.74, 6) is -0.245. The van der Waals surface area contributed by atoms with Gasteiger partial charge in [-0.15, -0.1) is 0 Å². The van der Waals surface area contributed by atoms with E-state index in [0.29, 0.717) is 26.5 Å². The fraction of sp³-hybridized carbons (Fsp3) is 0.583. The quantitative estimate of drug-likeness (QED) is 0.335. The molecule has 1 amide bonds. The van der Waals surface area contributed by atoms with Crippen molar-refractivity contribution in [2.24, 2.45) is 0 Å². The van der Waals surface area contributed by atoms with Crippen LogP contribution in [0.4, 0.5) is 4.53 Å². The Kier molecular flexibility index (Phi) is 9.60. The predicted octanol–water partition coefficient (Wildman–Crippen LogP) is 4.39. The Hall–Kier alpha value is -2.07. The molecule has 2 aromatic rings. The molecule has 0 bridgehead atoms. The number of benzene rings is 1. The summed E-state index contributed by atoms with van der Waals surface area (Å²) in [6.45, 7) is 8.66. The highest BCUT2D eigenvalue weighted by Crippen LogP contribution is 2.33. The van der Waals surface area contributed by atoms with Gasteiger partial charge >= 0.3 is 0 Å². The van der Waals surface area contributed by atoms with Crippen molar-refractivity contribution in [2.45, 2.75) is 63.8 Å². The van der Waals surface area contributed by atoms with Gasteiger partial charge in [0.15, 0.2) is 0 Å². The van der Waals surface area contributed by atoms with E-state index in [-0.39, 0.29) is 25.0 Å². The number of likely N-dealkylation sites (tertiary alicyclic amines) is 1. The molecule has 2 atom stereocenters. The van der Waals surface area contributed by atoms with E-state index in [1.165, 1.54) is 0 Å². The molecule has 0 aliphatic carbocycles. The molecule has 0 N–H and O–H groups in total. The monoisotopic (exact) mass is 477 g/mol. The van der Waals surface area contributed by atoms with E-state index < -0.39 is 14.1 Å². The summed E-state index contributed by atoms with van der Waals surface area (Å²) in [7, 11) is -1.17. The molecular formula is C24H36FN3O4Si. The van der Waals surface area contributed by atoms with Crippen molar-refractivity contribution >= 4 is 14.0 Å². The summed E-state index contributed by atoms with van der Waals surface area (Å²) in [6, 6.07) is 12.3. The lowest BCUT2D eigenvalue weighted by atomic mass is 9.86. The maximum atomic E-state index is 13.1. The molecular weight excluding hydrogens is 441 g/mol. The minimum absolute atomic E-state index is 0.0521. The van der Waals surface area contributed by atoms with Crippen molar-refractivity contribution in [1.29, 1.82) is 0 Å². The lowest BCUT2D eigenvalue weighted by molar-refractivity contribution is -0.166. The number of nitrogens with zero attached hydrogens (tertiary/aromatic N) is 3. The molecule has 1 aromatic carbocycles. The molecule has 9 heteroatoms. The molecule has 0 saturated carbocycles. The fourth-order valence-electron chi connectivity index (χ4n) is 4.19. The predicted molar refractivity (Wildman–Crippen MR) is 127 cm³/mol. The largest absolute Gasteiger partial charge is 0.367 e. The van der Waals surface area contributed by atoms with E-state index in [1.807, 2.05) is 41.1 Å². The van der Waals surface area contributed by atoms with Crippen LogP contribution in [0.3, 0.4) is 0 Å². The maximum absolute atomic E-state index is 13.1. The Bertz CT molecular complexity index is 859. The van der Waals surface area contributed by atoms with Crippen molar-refractivity contribution in [3.8, 4) is 0 Å². The molecule has 1 fully saturated rings. The Morgan fingerprint density at radius 3 is 2.70 bits per heavy atom. The molecule has 2 heterocycles. The molecule has 2 unspecified atom stereocenters. The van der Waals surface area contributed by atoms with E-state index >= 15 is 0 Å². The Morgan fingerprint density at radius 1 is 1.18 bits per heavy atom. The summed E-state index contributed by atoms with van der Waals surface area (Å²) in [4.78, 5) is 18.7. The first-order valence-electron chi connectivity index (χ1n) is 11.6. The summed E-state index contributed by atoms with van der Waals surface area (Å²) in [6.07, 6.45) is 3.37. The van der Waals surface area contributed by atoms with Crippen LogP contribution < -0.4 is 0 Å². The minimum atomic E-state index is -1.17. The maximum Gasteiger partial charge on any atom is 0.248 e. The van der Waals surface area contributed by atoms with E-state index in [2.05, 4.69) is 29.7 Å². The normalized spacial score (nSPS) is 19.1. The van der Waals surface area contributed by atoms with Crippen LogP contribution in [0.25, 0.3) is 0 Å². The first-order valence-corrected chi connectivity index (χ1v) is 15.3. The molecule has 1 saturated heterocycles. The number of carbonyl (C=O) groups excluding carboxylic acids is 1. The fourth-order valence-corrected chi connectivity index (χ4v) is 4.95. The number of halogens is 1. The third-order valence-electron chi connectivity index (χ3n) is 6.01. The van der Waals surface area contributed by atoms with Crippen LogP contribution in [0.1, 0.15) is 30.0 Å². The van der Waals surface area contributed by atoms with Gasteiger partial charge in [-0.3, -0.25) is 4.79 Å². The van der Waals surface area contributed by atoms with Gasteiger partial charge in [-0.2, -0.15) is 10.0 Å². The highest BCUT2D eigenvalue weighted by atomic mass is 28.3. The number of hydrogen-bond acceptors (Lipinski definition) is 5.